The normalized spacial score (nSPS) is 16.2. The quantitative estimate of drug-likeness (QED) is 0.813. The Morgan fingerprint density at radius 1 is 1.47 bits per heavy atom. The monoisotopic (exact) mass is 202 g/mol. The first-order chi connectivity index (χ1) is 7.40. The number of anilines is 1. The van der Waals surface area contributed by atoms with E-state index >= 15 is 0 Å². The van der Waals surface area contributed by atoms with Gasteiger partial charge in [-0.25, -0.2) is 0 Å². The number of hydrogen-bond donors (Lipinski definition) is 1. The van der Waals surface area contributed by atoms with Gasteiger partial charge in [0.15, 0.2) is 5.82 Å². The Kier molecular flexibility index (Phi) is 3.13. The van der Waals surface area contributed by atoms with Crippen molar-refractivity contribution in [2.45, 2.75) is 25.7 Å². The summed E-state index contributed by atoms with van der Waals surface area (Å²) >= 11 is 0. The molecule has 1 aliphatic rings. The third-order valence-corrected chi connectivity index (χ3v) is 2.87. The van der Waals surface area contributed by atoms with Crippen LogP contribution in [0.2, 0.25) is 0 Å². The van der Waals surface area contributed by atoms with Crippen molar-refractivity contribution in [2.24, 2.45) is 5.92 Å². The minimum Gasteiger partial charge on any atom is -0.367 e. The predicted octanol–water partition coefficient (Wildman–Crippen LogP) is 1.95. The van der Waals surface area contributed by atoms with E-state index in [0.29, 0.717) is 11.4 Å². The van der Waals surface area contributed by atoms with Gasteiger partial charge in [-0.1, -0.05) is 12.8 Å². The molecule has 1 heterocycles. The van der Waals surface area contributed by atoms with Crippen LogP contribution in [-0.2, 0) is 0 Å². The van der Waals surface area contributed by atoms with Gasteiger partial charge in [0.1, 0.15) is 6.07 Å². The third kappa shape index (κ3) is 2.44. The van der Waals surface area contributed by atoms with Gasteiger partial charge in [0.05, 0.1) is 11.8 Å². The van der Waals surface area contributed by atoms with Crippen molar-refractivity contribution in [3.8, 4) is 6.07 Å². The summed E-state index contributed by atoms with van der Waals surface area (Å²) in [6, 6.07) is 3.79. The third-order valence-electron chi connectivity index (χ3n) is 2.87. The molecule has 0 spiro atoms. The molecule has 78 valence electrons. The van der Waals surface area contributed by atoms with Crippen LogP contribution >= 0.6 is 0 Å². The van der Waals surface area contributed by atoms with Gasteiger partial charge in [0, 0.05) is 6.54 Å². The highest BCUT2D eigenvalue weighted by molar-refractivity contribution is 5.50. The summed E-state index contributed by atoms with van der Waals surface area (Å²) in [5.41, 5.74) is 0.572. The molecule has 1 N–H and O–H groups in total. The summed E-state index contributed by atoms with van der Waals surface area (Å²) in [7, 11) is 0. The van der Waals surface area contributed by atoms with Crippen LogP contribution in [0.4, 0.5) is 5.82 Å². The molecule has 0 amide bonds. The van der Waals surface area contributed by atoms with E-state index in [2.05, 4.69) is 21.6 Å². The lowest BCUT2D eigenvalue weighted by molar-refractivity contribution is 0.578. The van der Waals surface area contributed by atoms with Crippen molar-refractivity contribution < 1.29 is 0 Å². The number of nitrogens with one attached hydrogen (secondary N) is 1. The van der Waals surface area contributed by atoms with E-state index in [1.54, 1.807) is 12.3 Å². The van der Waals surface area contributed by atoms with Gasteiger partial charge >= 0.3 is 0 Å². The average Bonchev–Trinajstić information content (AvgIpc) is 2.79. The summed E-state index contributed by atoms with van der Waals surface area (Å²) in [6.45, 7) is 0.910. The van der Waals surface area contributed by atoms with E-state index in [1.807, 2.05) is 0 Å². The minimum absolute atomic E-state index is 0.572. The van der Waals surface area contributed by atoms with Crippen LogP contribution in [0, 0.1) is 17.2 Å². The molecule has 2 rings (SSSR count). The topological polar surface area (TPSA) is 61.6 Å². The zero-order chi connectivity index (χ0) is 10.5. The van der Waals surface area contributed by atoms with E-state index in [9.17, 15) is 0 Å². The van der Waals surface area contributed by atoms with E-state index < -0.39 is 0 Å². The molecular formula is C11H14N4. The minimum atomic E-state index is 0.572. The molecule has 1 aromatic heterocycles. The summed E-state index contributed by atoms with van der Waals surface area (Å²) < 4.78 is 0. The lowest BCUT2D eigenvalue weighted by atomic mass is 10.1. The fourth-order valence-corrected chi connectivity index (χ4v) is 2.01. The van der Waals surface area contributed by atoms with Gasteiger partial charge in [0.25, 0.3) is 0 Å². The lowest BCUT2D eigenvalue weighted by Crippen LogP contribution is -2.13. The fraction of sp³-hybridized carbons (Fsp3) is 0.545. The maximum Gasteiger partial charge on any atom is 0.166 e. The van der Waals surface area contributed by atoms with Gasteiger partial charge in [-0.2, -0.15) is 10.4 Å². The highest BCUT2D eigenvalue weighted by atomic mass is 15.2. The van der Waals surface area contributed by atoms with E-state index in [4.69, 9.17) is 5.26 Å². The zero-order valence-electron chi connectivity index (χ0n) is 8.61. The van der Waals surface area contributed by atoms with Gasteiger partial charge in [-0.05, 0) is 24.8 Å². The first kappa shape index (κ1) is 9.91. The number of nitrogens with zero attached hydrogens (tertiary/aromatic N) is 3. The van der Waals surface area contributed by atoms with Crippen LogP contribution in [-0.4, -0.2) is 16.7 Å². The Morgan fingerprint density at radius 3 is 3.00 bits per heavy atom. The highest BCUT2D eigenvalue weighted by Crippen LogP contribution is 2.24. The summed E-state index contributed by atoms with van der Waals surface area (Å²) in [6.07, 6.45) is 6.78. The van der Waals surface area contributed by atoms with Crippen molar-refractivity contribution in [3.63, 3.8) is 0 Å². The Bertz CT molecular complexity index is 363. The molecule has 4 heteroatoms. The highest BCUT2D eigenvalue weighted by Gasteiger charge is 2.15. The maximum atomic E-state index is 8.85. The van der Waals surface area contributed by atoms with Crippen molar-refractivity contribution in [3.05, 3.63) is 17.8 Å². The molecule has 0 atom stereocenters. The van der Waals surface area contributed by atoms with E-state index in [0.717, 1.165) is 12.5 Å². The predicted molar refractivity (Wildman–Crippen MR) is 57.2 cm³/mol. The summed E-state index contributed by atoms with van der Waals surface area (Å²) in [4.78, 5) is 0. The molecule has 1 aromatic rings. The second-order valence-corrected chi connectivity index (χ2v) is 3.94. The van der Waals surface area contributed by atoms with Crippen LogP contribution in [0.1, 0.15) is 31.2 Å². The first-order valence-electron chi connectivity index (χ1n) is 5.36. The standard InChI is InChI=1S/C11H14N4/c12-7-10-5-6-14-15-11(10)13-8-9-3-1-2-4-9/h5-6,9H,1-4,8H2,(H,13,15). The van der Waals surface area contributed by atoms with Crippen LogP contribution in [0.15, 0.2) is 12.3 Å². The first-order valence-corrected chi connectivity index (χ1v) is 5.36. The molecule has 0 radical (unpaired) electrons. The van der Waals surface area contributed by atoms with Crippen LogP contribution in [0.5, 0.6) is 0 Å². The Labute approximate surface area is 89.3 Å². The smallest absolute Gasteiger partial charge is 0.166 e. The second kappa shape index (κ2) is 4.74. The molecule has 1 saturated carbocycles. The van der Waals surface area contributed by atoms with Crippen LogP contribution in [0.25, 0.3) is 0 Å². The van der Waals surface area contributed by atoms with Crippen molar-refractivity contribution in [1.82, 2.24) is 10.2 Å². The Morgan fingerprint density at radius 2 is 2.27 bits per heavy atom. The van der Waals surface area contributed by atoms with Crippen LogP contribution in [0.3, 0.4) is 0 Å². The Hall–Kier alpha value is -1.63. The molecule has 1 aliphatic carbocycles. The van der Waals surface area contributed by atoms with Crippen molar-refractivity contribution >= 4 is 5.82 Å². The molecule has 1 fully saturated rings. The van der Waals surface area contributed by atoms with Gasteiger partial charge in [-0.3, -0.25) is 0 Å². The maximum absolute atomic E-state index is 8.85. The fourth-order valence-electron chi connectivity index (χ4n) is 2.01. The SMILES string of the molecule is N#Cc1ccnnc1NCC1CCCC1. The van der Waals surface area contributed by atoms with Crippen molar-refractivity contribution in [1.29, 1.82) is 5.26 Å². The molecule has 0 bridgehead atoms. The largest absolute Gasteiger partial charge is 0.367 e. The number of hydrogen-bond acceptors (Lipinski definition) is 4. The molecule has 0 saturated heterocycles. The molecule has 15 heavy (non-hydrogen) atoms. The Balaban J connectivity index is 1.95. The molecule has 0 aliphatic heterocycles. The second-order valence-electron chi connectivity index (χ2n) is 3.94. The molecular weight excluding hydrogens is 188 g/mol. The molecule has 0 unspecified atom stereocenters. The average molecular weight is 202 g/mol. The van der Waals surface area contributed by atoms with Gasteiger partial charge in [0.2, 0.25) is 0 Å². The summed E-state index contributed by atoms with van der Waals surface area (Å²) in [5, 5.41) is 19.8. The summed E-state index contributed by atoms with van der Waals surface area (Å²) in [5.74, 6) is 1.35. The number of nitriles is 1. The van der Waals surface area contributed by atoms with E-state index in [1.165, 1.54) is 25.7 Å². The van der Waals surface area contributed by atoms with Gasteiger partial charge < -0.3 is 5.32 Å². The van der Waals surface area contributed by atoms with Crippen molar-refractivity contribution in [2.75, 3.05) is 11.9 Å². The zero-order valence-corrected chi connectivity index (χ0v) is 8.61. The van der Waals surface area contributed by atoms with E-state index in [-0.39, 0.29) is 0 Å². The van der Waals surface area contributed by atoms with Crippen LogP contribution < -0.4 is 5.32 Å². The lowest BCUT2D eigenvalue weighted by Gasteiger charge is -2.10. The molecule has 0 aromatic carbocycles. The van der Waals surface area contributed by atoms with Gasteiger partial charge in [-0.15, -0.1) is 5.10 Å². The molecule has 4 nitrogen and oxygen atoms in total. The number of aromatic nitrogens is 2. The number of rotatable bonds is 3.